The quantitative estimate of drug-likeness (QED) is 0.317. The molecule has 0 saturated heterocycles. The number of halogens is 9. The highest BCUT2D eigenvalue weighted by Gasteiger charge is 2.58. The van der Waals surface area contributed by atoms with Crippen molar-refractivity contribution in [3.8, 4) is 11.5 Å². The Balaban J connectivity index is 1.93. The summed E-state index contributed by atoms with van der Waals surface area (Å²) in [6.45, 7) is -1.77. The maximum atomic E-state index is 14.5. The fraction of sp³-hybridized carbons (Fsp3) is 0.250. The number of rotatable bonds is 8. The Bertz CT molecular complexity index is 1160. The Morgan fingerprint density at radius 1 is 0.778 bits per heavy atom. The van der Waals surface area contributed by atoms with Crippen LogP contribution in [0.5, 0.6) is 11.5 Å². The molecular weight excluding hydrogens is 505 g/mol. The van der Waals surface area contributed by atoms with Gasteiger partial charge in [-0.2, -0.15) is 35.1 Å². The first kappa shape index (κ1) is 27.2. The predicted molar refractivity (Wildman–Crippen MR) is 112 cm³/mol. The van der Waals surface area contributed by atoms with Crippen LogP contribution >= 0.6 is 0 Å². The second-order valence-corrected chi connectivity index (χ2v) is 7.73. The number of anilines is 1. The second kappa shape index (κ2) is 10.3. The van der Waals surface area contributed by atoms with Gasteiger partial charge in [0.15, 0.2) is 6.10 Å². The largest absolute Gasteiger partial charge is 0.458 e. The Labute approximate surface area is 199 Å². The van der Waals surface area contributed by atoms with E-state index >= 15 is 0 Å². The van der Waals surface area contributed by atoms with Crippen LogP contribution in [0.4, 0.5) is 45.2 Å². The van der Waals surface area contributed by atoms with Crippen LogP contribution in [-0.2, 0) is 12.5 Å². The Morgan fingerprint density at radius 2 is 1.42 bits per heavy atom. The third kappa shape index (κ3) is 6.42. The molecule has 1 N–H and O–H groups in total. The van der Waals surface area contributed by atoms with Crippen molar-refractivity contribution in [3.63, 3.8) is 0 Å². The van der Waals surface area contributed by atoms with Gasteiger partial charge in [-0.15, -0.1) is 0 Å². The average molecular weight is 523 g/mol. The minimum absolute atomic E-state index is 0.0177. The van der Waals surface area contributed by atoms with E-state index in [1.54, 1.807) is 30.3 Å². The molecule has 12 heteroatoms. The number of aliphatic hydroxyl groups excluding tert-OH is 1. The van der Waals surface area contributed by atoms with Crippen LogP contribution in [0.3, 0.4) is 0 Å². The predicted octanol–water partition coefficient (Wildman–Crippen LogP) is 7.20. The first-order chi connectivity index (χ1) is 16.7. The molecule has 0 saturated carbocycles. The van der Waals surface area contributed by atoms with Crippen LogP contribution in [-0.4, -0.2) is 30.1 Å². The molecule has 0 aliphatic rings. The molecule has 1 atom stereocenters. The summed E-state index contributed by atoms with van der Waals surface area (Å²) in [5, 5.41) is 9.59. The number of nitrogens with zero attached hydrogens (tertiary/aromatic N) is 1. The summed E-state index contributed by atoms with van der Waals surface area (Å²) in [5.74, 6) is -6.23. The summed E-state index contributed by atoms with van der Waals surface area (Å²) < 4.78 is 124. The van der Waals surface area contributed by atoms with E-state index in [2.05, 4.69) is 0 Å². The molecule has 3 aromatic rings. The highest BCUT2D eigenvalue weighted by Crippen LogP contribution is 2.44. The van der Waals surface area contributed by atoms with E-state index in [1.165, 1.54) is 24.3 Å². The van der Waals surface area contributed by atoms with Crippen LogP contribution in [0, 0.1) is 5.82 Å². The maximum absolute atomic E-state index is 14.5. The van der Waals surface area contributed by atoms with Gasteiger partial charge in [0.05, 0.1) is 6.54 Å². The summed E-state index contributed by atoms with van der Waals surface area (Å²) in [7, 11) is 0. The second-order valence-electron chi connectivity index (χ2n) is 7.73. The van der Waals surface area contributed by atoms with Crippen molar-refractivity contribution in [3.05, 3.63) is 89.7 Å². The fourth-order valence-corrected chi connectivity index (χ4v) is 3.18. The molecule has 194 valence electrons. The smallest absolute Gasteiger partial charge is 0.457 e. The summed E-state index contributed by atoms with van der Waals surface area (Å²) in [5.41, 5.74) is -2.09. The zero-order valence-electron chi connectivity index (χ0n) is 18.1. The number of hydrogen-bond acceptors (Lipinski definition) is 3. The molecule has 0 radical (unpaired) electrons. The molecule has 3 aromatic carbocycles. The van der Waals surface area contributed by atoms with Crippen molar-refractivity contribution < 1.29 is 49.4 Å². The van der Waals surface area contributed by atoms with Crippen molar-refractivity contribution in [1.82, 2.24) is 0 Å². The van der Waals surface area contributed by atoms with E-state index < -0.39 is 54.4 Å². The molecule has 3 rings (SSSR count). The number of para-hydroxylation sites is 1. The van der Waals surface area contributed by atoms with Crippen molar-refractivity contribution >= 4 is 5.69 Å². The van der Waals surface area contributed by atoms with Crippen LogP contribution in [0.15, 0.2) is 72.8 Å². The van der Waals surface area contributed by atoms with Crippen molar-refractivity contribution in [1.29, 1.82) is 0 Å². The van der Waals surface area contributed by atoms with Gasteiger partial charge in [0.2, 0.25) is 0 Å². The minimum atomic E-state index is -5.97. The van der Waals surface area contributed by atoms with Crippen LogP contribution in [0.1, 0.15) is 11.1 Å². The SMILES string of the molecule is OC(CN(Cc1ccc(C(F)(F)C(F)(F)F)cc1F)c1cccc(Oc2ccccc2)c1)C(F)(F)F. The Hall–Kier alpha value is -3.41. The zero-order chi connectivity index (χ0) is 26.7. The Kier molecular flexibility index (Phi) is 7.77. The summed E-state index contributed by atoms with van der Waals surface area (Å²) in [4.78, 5) is 0.899. The van der Waals surface area contributed by atoms with E-state index in [1.807, 2.05) is 0 Å². The average Bonchev–Trinajstić information content (AvgIpc) is 2.79. The van der Waals surface area contributed by atoms with Gasteiger partial charge in [-0.1, -0.05) is 36.4 Å². The normalized spacial score (nSPS) is 13.4. The van der Waals surface area contributed by atoms with Gasteiger partial charge in [-0.3, -0.25) is 0 Å². The summed E-state index contributed by atoms with van der Waals surface area (Å²) in [6, 6.07) is 14.8. The lowest BCUT2D eigenvalue weighted by Crippen LogP contribution is -2.41. The standard InChI is InChI=1S/C24H18F9NO2/c25-20-11-16(22(26,27)24(31,32)33)10-9-15(20)13-34(14-21(35)23(28,29)30)17-5-4-8-19(12-17)36-18-6-2-1-3-7-18/h1-12,21,35H,13-14H2. The zero-order valence-corrected chi connectivity index (χ0v) is 18.1. The molecule has 0 spiro atoms. The molecule has 0 heterocycles. The monoisotopic (exact) mass is 523 g/mol. The van der Waals surface area contributed by atoms with Crippen LogP contribution in [0.2, 0.25) is 0 Å². The third-order valence-corrected chi connectivity index (χ3v) is 5.07. The van der Waals surface area contributed by atoms with Gasteiger partial charge in [-0.05, 0) is 30.3 Å². The number of alkyl halides is 8. The minimum Gasteiger partial charge on any atom is -0.457 e. The lowest BCUT2D eigenvalue weighted by Gasteiger charge is -2.29. The lowest BCUT2D eigenvalue weighted by molar-refractivity contribution is -0.289. The van der Waals surface area contributed by atoms with Crippen molar-refractivity contribution in [2.75, 3.05) is 11.4 Å². The number of ether oxygens (including phenoxy) is 1. The third-order valence-electron chi connectivity index (χ3n) is 5.07. The highest BCUT2D eigenvalue weighted by molar-refractivity contribution is 5.52. The molecule has 1 unspecified atom stereocenters. The molecule has 0 bridgehead atoms. The number of benzene rings is 3. The fourth-order valence-electron chi connectivity index (χ4n) is 3.18. The van der Waals surface area contributed by atoms with Crippen LogP contribution in [0.25, 0.3) is 0 Å². The van der Waals surface area contributed by atoms with Crippen molar-refractivity contribution in [2.24, 2.45) is 0 Å². The molecular formula is C24H18F9NO2. The van der Waals surface area contributed by atoms with Crippen molar-refractivity contribution in [2.45, 2.75) is 30.9 Å². The van der Waals surface area contributed by atoms with Gasteiger partial charge < -0.3 is 14.7 Å². The van der Waals surface area contributed by atoms with Gasteiger partial charge in [0.25, 0.3) is 0 Å². The van der Waals surface area contributed by atoms with E-state index in [0.29, 0.717) is 17.9 Å². The van der Waals surface area contributed by atoms with Gasteiger partial charge in [0, 0.05) is 29.4 Å². The maximum Gasteiger partial charge on any atom is 0.458 e. The van der Waals surface area contributed by atoms with E-state index in [4.69, 9.17) is 4.74 Å². The molecule has 0 fully saturated rings. The number of aliphatic hydroxyl groups is 1. The van der Waals surface area contributed by atoms with E-state index in [0.717, 1.165) is 4.90 Å². The lowest BCUT2D eigenvalue weighted by atomic mass is 10.0. The van der Waals surface area contributed by atoms with Crippen LogP contribution < -0.4 is 9.64 Å². The summed E-state index contributed by atoms with van der Waals surface area (Å²) >= 11 is 0. The Morgan fingerprint density at radius 3 is 2.00 bits per heavy atom. The molecule has 0 aromatic heterocycles. The molecule has 0 aliphatic carbocycles. The van der Waals surface area contributed by atoms with Gasteiger partial charge >= 0.3 is 18.3 Å². The molecule has 36 heavy (non-hydrogen) atoms. The van der Waals surface area contributed by atoms with E-state index in [9.17, 15) is 44.6 Å². The highest BCUT2D eigenvalue weighted by atomic mass is 19.4. The van der Waals surface area contributed by atoms with Gasteiger partial charge in [-0.25, -0.2) is 4.39 Å². The van der Waals surface area contributed by atoms with E-state index in [-0.39, 0.29) is 17.5 Å². The van der Waals surface area contributed by atoms with Gasteiger partial charge in [0.1, 0.15) is 17.3 Å². The molecule has 0 amide bonds. The number of hydrogen-bond donors (Lipinski definition) is 1. The molecule has 0 aliphatic heterocycles. The first-order valence-electron chi connectivity index (χ1n) is 10.2. The topological polar surface area (TPSA) is 32.7 Å². The molecule has 3 nitrogen and oxygen atoms in total. The first-order valence-corrected chi connectivity index (χ1v) is 10.2. The summed E-state index contributed by atoms with van der Waals surface area (Å²) in [6.07, 6.45) is -13.9.